The lowest BCUT2D eigenvalue weighted by atomic mass is 10.0. The van der Waals surface area contributed by atoms with Crippen molar-refractivity contribution < 1.29 is 28.3 Å². The second-order valence-electron chi connectivity index (χ2n) is 11.3. The van der Waals surface area contributed by atoms with Crippen molar-refractivity contribution in [3.8, 4) is 5.75 Å². The number of hydrogen-bond donors (Lipinski definition) is 2. The lowest BCUT2D eigenvalue weighted by Crippen LogP contribution is -2.35. The van der Waals surface area contributed by atoms with Crippen LogP contribution in [0.15, 0.2) is 47.4 Å². The lowest BCUT2D eigenvalue weighted by Gasteiger charge is -2.33. The van der Waals surface area contributed by atoms with Gasteiger partial charge in [-0.25, -0.2) is 0 Å². The number of nitrogens with one attached hydrogen (secondary N) is 1. The normalized spacial score (nSPS) is 18.3. The van der Waals surface area contributed by atoms with Crippen LogP contribution in [0.2, 0.25) is 0 Å². The quantitative estimate of drug-likeness (QED) is 0.231. The SMILES string of the molecule is CC1(C)OCc2cc(C(CO)NCCCCCCOCCOCc3cccc(S(=O)C4CCCC4)c3)ccc2O1. The van der Waals surface area contributed by atoms with E-state index in [-0.39, 0.29) is 12.6 Å². The maximum atomic E-state index is 12.8. The van der Waals surface area contributed by atoms with Crippen LogP contribution in [0.25, 0.3) is 0 Å². The third-order valence-electron chi connectivity index (χ3n) is 7.58. The molecule has 1 heterocycles. The van der Waals surface area contributed by atoms with E-state index in [9.17, 15) is 9.32 Å². The zero-order chi connectivity index (χ0) is 28.2. The molecule has 1 aliphatic heterocycles. The Labute approximate surface area is 242 Å². The van der Waals surface area contributed by atoms with Gasteiger partial charge in [-0.3, -0.25) is 4.21 Å². The van der Waals surface area contributed by atoms with Crippen molar-refractivity contribution in [3.05, 3.63) is 59.2 Å². The van der Waals surface area contributed by atoms with Crippen LogP contribution in [0.4, 0.5) is 0 Å². The Hall–Kier alpha value is -1.81. The molecule has 2 aromatic rings. The van der Waals surface area contributed by atoms with Crippen molar-refractivity contribution in [2.24, 2.45) is 0 Å². The molecule has 2 aromatic carbocycles. The fraction of sp³-hybridized carbons (Fsp3) is 0.625. The molecule has 8 heteroatoms. The monoisotopic (exact) mass is 573 g/mol. The number of benzene rings is 2. The number of hydrogen-bond acceptors (Lipinski definition) is 7. The molecule has 0 saturated heterocycles. The molecule has 0 bridgehead atoms. The van der Waals surface area contributed by atoms with Crippen LogP contribution in [-0.2, 0) is 38.2 Å². The topological polar surface area (TPSA) is 86.3 Å². The molecule has 1 fully saturated rings. The summed E-state index contributed by atoms with van der Waals surface area (Å²) >= 11 is 0. The third kappa shape index (κ3) is 9.64. The fourth-order valence-electron chi connectivity index (χ4n) is 5.29. The molecule has 40 heavy (non-hydrogen) atoms. The second-order valence-corrected chi connectivity index (χ2v) is 13.0. The Kier molecular flexibility index (Phi) is 12.4. The zero-order valence-electron chi connectivity index (χ0n) is 24.2. The number of aliphatic hydroxyl groups is 1. The Morgan fingerprint density at radius 1 is 1.02 bits per heavy atom. The van der Waals surface area contributed by atoms with Gasteiger partial charge in [-0.1, -0.05) is 43.9 Å². The summed E-state index contributed by atoms with van der Waals surface area (Å²) in [6.07, 6.45) is 8.86. The first-order valence-corrected chi connectivity index (χ1v) is 16.1. The van der Waals surface area contributed by atoms with Gasteiger partial charge in [0, 0.05) is 36.2 Å². The predicted molar refractivity (Wildman–Crippen MR) is 158 cm³/mol. The zero-order valence-corrected chi connectivity index (χ0v) is 25.0. The number of rotatable bonds is 17. The van der Waals surface area contributed by atoms with Gasteiger partial charge in [0.15, 0.2) is 0 Å². The van der Waals surface area contributed by atoms with Crippen LogP contribution in [0.5, 0.6) is 5.75 Å². The van der Waals surface area contributed by atoms with Gasteiger partial charge in [0.25, 0.3) is 0 Å². The van der Waals surface area contributed by atoms with E-state index in [0.29, 0.717) is 31.7 Å². The first-order chi connectivity index (χ1) is 19.4. The third-order valence-corrected chi connectivity index (χ3v) is 9.38. The van der Waals surface area contributed by atoms with Gasteiger partial charge < -0.3 is 29.4 Å². The minimum absolute atomic E-state index is 0.0489. The van der Waals surface area contributed by atoms with Crippen molar-refractivity contribution in [2.75, 3.05) is 33.0 Å². The highest BCUT2D eigenvalue weighted by molar-refractivity contribution is 7.85. The highest BCUT2D eigenvalue weighted by Gasteiger charge is 2.28. The summed E-state index contributed by atoms with van der Waals surface area (Å²) in [5.74, 6) is 0.247. The van der Waals surface area contributed by atoms with E-state index in [1.165, 1.54) is 12.8 Å². The van der Waals surface area contributed by atoms with E-state index < -0.39 is 16.6 Å². The van der Waals surface area contributed by atoms with Gasteiger partial charge in [-0.2, -0.15) is 0 Å². The van der Waals surface area contributed by atoms with Gasteiger partial charge in [0.2, 0.25) is 5.79 Å². The molecule has 0 spiro atoms. The van der Waals surface area contributed by atoms with Crippen LogP contribution in [-0.4, -0.2) is 53.3 Å². The molecule has 4 rings (SSSR count). The first kappa shape index (κ1) is 31.1. The van der Waals surface area contributed by atoms with Crippen molar-refractivity contribution in [1.82, 2.24) is 5.32 Å². The Bertz CT molecular complexity index is 1070. The highest BCUT2D eigenvalue weighted by atomic mass is 32.2. The molecule has 0 aromatic heterocycles. The molecule has 7 nitrogen and oxygen atoms in total. The molecular weight excluding hydrogens is 526 g/mol. The fourth-order valence-corrected chi connectivity index (χ4v) is 6.91. The predicted octanol–water partition coefficient (Wildman–Crippen LogP) is 5.80. The van der Waals surface area contributed by atoms with E-state index in [2.05, 4.69) is 11.4 Å². The van der Waals surface area contributed by atoms with Crippen molar-refractivity contribution in [1.29, 1.82) is 0 Å². The summed E-state index contributed by atoms with van der Waals surface area (Å²) in [5.41, 5.74) is 3.14. The molecule has 2 unspecified atom stereocenters. The number of unbranched alkanes of at least 4 members (excludes halogenated alkanes) is 3. The van der Waals surface area contributed by atoms with E-state index in [1.54, 1.807) is 0 Å². The average Bonchev–Trinajstić information content (AvgIpc) is 3.50. The molecule has 222 valence electrons. The summed E-state index contributed by atoms with van der Waals surface area (Å²) in [5, 5.41) is 13.7. The maximum Gasteiger partial charge on any atom is 0.205 e. The minimum atomic E-state index is -0.904. The van der Waals surface area contributed by atoms with Crippen LogP contribution in [0, 0.1) is 0 Å². The Balaban J connectivity index is 1.01. The standard InChI is InChI=1S/C32H47NO6S/c1-32(2)38-24-27-21-26(14-15-31(27)39-32)30(22-34)33-16-7-3-4-8-17-36-18-19-37-23-25-10-9-13-29(20-25)40(35)28-11-5-6-12-28/h9-10,13-15,20-21,28,30,33-34H,3-8,11-12,16-19,22-24H2,1-2H3. The van der Waals surface area contributed by atoms with Crippen LogP contribution in [0.1, 0.15) is 87.9 Å². The van der Waals surface area contributed by atoms with Gasteiger partial charge in [-0.15, -0.1) is 0 Å². The van der Waals surface area contributed by atoms with E-state index in [0.717, 1.165) is 79.0 Å². The number of fused-ring (bicyclic) bond motifs is 1. The molecule has 2 N–H and O–H groups in total. The largest absolute Gasteiger partial charge is 0.463 e. The summed E-state index contributed by atoms with van der Waals surface area (Å²) in [6, 6.07) is 14.0. The van der Waals surface area contributed by atoms with Crippen molar-refractivity contribution in [2.45, 2.75) is 100 Å². The van der Waals surface area contributed by atoms with Crippen LogP contribution in [0.3, 0.4) is 0 Å². The van der Waals surface area contributed by atoms with Crippen molar-refractivity contribution in [3.63, 3.8) is 0 Å². The summed E-state index contributed by atoms with van der Waals surface area (Å²) in [6.45, 7) is 7.64. The first-order valence-electron chi connectivity index (χ1n) is 14.9. The van der Waals surface area contributed by atoms with E-state index in [1.807, 2.05) is 50.2 Å². The van der Waals surface area contributed by atoms with Gasteiger partial charge in [0.1, 0.15) is 5.75 Å². The smallest absolute Gasteiger partial charge is 0.205 e. The summed E-state index contributed by atoms with van der Waals surface area (Å²) < 4.78 is 35.9. The second kappa shape index (κ2) is 16.0. The van der Waals surface area contributed by atoms with Gasteiger partial charge in [-0.05, 0) is 67.6 Å². The van der Waals surface area contributed by atoms with Crippen LogP contribution < -0.4 is 10.1 Å². The van der Waals surface area contributed by atoms with E-state index >= 15 is 0 Å². The number of ether oxygens (including phenoxy) is 4. The van der Waals surface area contributed by atoms with E-state index in [4.69, 9.17) is 18.9 Å². The lowest BCUT2D eigenvalue weighted by molar-refractivity contribution is -0.180. The minimum Gasteiger partial charge on any atom is -0.463 e. The average molecular weight is 574 g/mol. The Morgan fingerprint density at radius 2 is 1.82 bits per heavy atom. The van der Waals surface area contributed by atoms with Crippen molar-refractivity contribution >= 4 is 10.8 Å². The molecule has 1 saturated carbocycles. The van der Waals surface area contributed by atoms with Gasteiger partial charge in [0.05, 0.1) is 49.9 Å². The number of aliphatic hydroxyl groups excluding tert-OH is 1. The van der Waals surface area contributed by atoms with Gasteiger partial charge >= 0.3 is 0 Å². The molecule has 0 amide bonds. The Morgan fingerprint density at radius 3 is 2.65 bits per heavy atom. The summed E-state index contributed by atoms with van der Waals surface area (Å²) in [4.78, 5) is 0.930. The molecule has 2 aliphatic rings. The summed E-state index contributed by atoms with van der Waals surface area (Å²) in [7, 11) is -0.904. The molecule has 0 radical (unpaired) electrons. The molecule has 1 aliphatic carbocycles. The molecular formula is C32H47NO6S. The van der Waals surface area contributed by atoms with Crippen LogP contribution >= 0.6 is 0 Å². The maximum absolute atomic E-state index is 12.8. The highest BCUT2D eigenvalue weighted by Crippen LogP contribution is 2.33. The molecule has 2 atom stereocenters.